The highest BCUT2D eigenvalue weighted by atomic mass is 16.4. The van der Waals surface area contributed by atoms with Crippen molar-refractivity contribution in [3.8, 4) is 5.75 Å². The van der Waals surface area contributed by atoms with Crippen LogP contribution in [0, 0.1) is 13.8 Å². The highest BCUT2D eigenvalue weighted by molar-refractivity contribution is 5.97. The molecule has 2 fully saturated rings. The molecule has 32 heavy (non-hydrogen) atoms. The third-order valence-electron chi connectivity index (χ3n) is 7.05. The number of nitrogens with zero attached hydrogens (tertiary/aromatic N) is 2. The van der Waals surface area contributed by atoms with Gasteiger partial charge in [-0.2, -0.15) is 0 Å². The highest BCUT2D eigenvalue weighted by Crippen LogP contribution is 2.36. The van der Waals surface area contributed by atoms with Crippen molar-refractivity contribution >= 4 is 11.9 Å². The van der Waals surface area contributed by atoms with Gasteiger partial charge in [0.15, 0.2) is 0 Å². The summed E-state index contributed by atoms with van der Waals surface area (Å²) >= 11 is 0. The maximum absolute atomic E-state index is 13.0. The number of hydrogen-bond acceptors (Lipinski definition) is 4. The van der Waals surface area contributed by atoms with E-state index in [0.717, 1.165) is 40.9 Å². The molecule has 4 rings (SSSR count). The Balaban J connectivity index is 1.57. The van der Waals surface area contributed by atoms with Crippen LogP contribution >= 0.6 is 0 Å². The Hall–Kier alpha value is -2.89. The molecule has 2 aromatic rings. The molecule has 0 unspecified atom stereocenters. The van der Waals surface area contributed by atoms with Crippen LogP contribution in [0.15, 0.2) is 24.3 Å². The highest BCUT2D eigenvalue weighted by Gasteiger charge is 2.34. The molecule has 0 radical (unpaired) electrons. The zero-order chi connectivity index (χ0) is 22.8. The fraction of sp³-hybridized carbons (Fsp3) is 0.500. The molecule has 2 N–H and O–H groups in total. The van der Waals surface area contributed by atoms with Crippen LogP contribution in [0.2, 0.25) is 0 Å². The molecule has 2 aliphatic rings. The molecule has 1 aromatic heterocycles. The van der Waals surface area contributed by atoms with E-state index in [4.69, 9.17) is 4.98 Å². The Morgan fingerprint density at radius 1 is 1.03 bits per heavy atom. The summed E-state index contributed by atoms with van der Waals surface area (Å²) in [6.45, 7) is 4.46. The summed E-state index contributed by atoms with van der Waals surface area (Å²) in [5.74, 6) is -0.537. The predicted molar refractivity (Wildman–Crippen MR) is 122 cm³/mol. The van der Waals surface area contributed by atoms with Crippen molar-refractivity contribution in [3.63, 3.8) is 0 Å². The van der Waals surface area contributed by atoms with Gasteiger partial charge in [0.2, 0.25) is 0 Å². The minimum absolute atomic E-state index is 0.213. The molecule has 1 aliphatic heterocycles. The Kier molecular flexibility index (Phi) is 6.49. The summed E-state index contributed by atoms with van der Waals surface area (Å²) in [5, 5.41) is 19.8. The number of amides is 1. The Morgan fingerprint density at radius 2 is 1.72 bits per heavy atom. The lowest BCUT2D eigenvalue weighted by atomic mass is 9.86. The van der Waals surface area contributed by atoms with Gasteiger partial charge in [-0.05, 0) is 80.5 Å². The summed E-state index contributed by atoms with van der Waals surface area (Å²) in [6, 6.07) is 6.63. The van der Waals surface area contributed by atoms with Gasteiger partial charge in [-0.15, -0.1) is 0 Å². The standard InChI is InChI=1S/C26H32N2O4/c1-16-13-19(25(30)28-12-6-9-22(28)26(31)32)14-17(2)21(16)15-20-10-11-23(29)24(27-20)18-7-4-3-5-8-18/h10-11,13-14,18,22,29H,3-9,12,15H2,1-2H3,(H,31,32)/t22-/m1/s1. The fourth-order valence-corrected chi connectivity index (χ4v) is 5.29. The van der Waals surface area contributed by atoms with Crippen molar-refractivity contribution in [2.45, 2.75) is 77.2 Å². The second-order valence-electron chi connectivity index (χ2n) is 9.30. The zero-order valence-corrected chi connectivity index (χ0v) is 18.9. The SMILES string of the molecule is Cc1cc(C(=O)N2CCC[C@@H]2C(=O)O)cc(C)c1Cc1ccc(O)c(C2CCCCC2)n1. The van der Waals surface area contributed by atoms with Gasteiger partial charge < -0.3 is 15.1 Å². The monoisotopic (exact) mass is 436 g/mol. The first-order valence-corrected chi connectivity index (χ1v) is 11.7. The molecule has 6 nitrogen and oxygen atoms in total. The van der Waals surface area contributed by atoms with E-state index in [0.29, 0.717) is 37.3 Å². The number of likely N-dealkylation sites (tertiary alicyclic amines) is 1. The van der Waals surface area contributed by atoms with Crippen LogP contribution in [-0.4, -0.2) is 44.6 Å². The number of benzene rings is 1. The lowest BCUT2D eigenvalue weighted by Gasteiger charge is -2.23. The van der Waals surface area contributed by atoms with Gasteiger partial charge in [0.25, 0.3) is 5.91 Å². The lowest BCUT2D eigenvalue weighted by Crippen LogP contribution is -2.40. The van der Waals surface area contributed by atoms with E-state index in [1.807, 2.05) is 32.0 Å². The molecule has 170 valence electrons. The molecule has 1 saturated heterocycles. The third-order valence-corrected chi connectivity index (χ3v) is 7.05. The molecule has 2 heterocycles. The van der Waals surface area contributed by atoms with Crippen molar-refractivity contribution in [1.29, 1.82) is 0 Å². The first-order chi connectivity index (χ1) is 15.3. The van der Waals surface area contributed by atoms with Gasteiger partial charge >= 0.3 is 5.97 Å². The lowest BCUT2D eigenvalue weighted by molar-refractivity contribution is -0.141. The minimum Gasteiger partial charge on any atom is -0.506 e. The smallest absolute Gasteiger partial charge is 0.326 e. The largest absolute Gasteiger partial charge is 0.506 e. The molecular formula is C26H32N2O4. The number of pyridine rings is 1. The number of carboxylic acid groups (broad SMARTS) is 1. The molecule has 1 amide bonds. The van der Waals surface area contributed by atoms with Gasteiger partial charge in [-0.3, -0.25) is 9.78 Å². The van der Waals surface area contributed by atoms with E-state index in [-0.39, 0.29) is 11.7 Å². The van der Waals surface area contributed by atoms with Crippen molar-refractivity contribution in [3.05, 3.63) is 57.9 Å². The van der Waals surface area contributed by atoms with Crippen molar-refractivity contribution < 1.29 is 19.8 Å². The summed E-state index contributed by atoms with van der Waals surface area (Å²) < 4.78 is 0. The molecule has 1 atom stereocenters. The number of aromatic nitrogens is 1. The number of carbonyl (C=O) groups is 2. The van der Waals surface area contributed by atoms with Gasteiger partial charge in [-0.1, -0.05) is 19.3 Å². The molecule has 1 aliphatic carbocycles. The molecule has 1 aromatic carbocycles. The summed E-state index contributed by atoms with van der Waals surface area (Å²) in [7, 11) is 0. The average molecular weight is 437 g/mol. The second-order valence-corrected chi connectivity index (χ2v) is 9.30. The summed E-state index contributed by atoms with van der Waals surface area (Å²) in [5.41, 5.74) is 5.38. The topological polar surface area (TPSA) is 90.7 Å². The number of aryl methyl sites for hydroxylation is 2. The second kappa shape index (κ2) is 9.31. The Labute approximate surface area is 189 Å². The minimum atomic E-state index is -0.937. The zero-order valence-electron chi connectivity index (χ0n) is 18.9. The maximum Gasteiger partial charge on any atom is 0.326 e. The number of hydrogen-bond donors (Lipinski definition) is 2. The number of carboxylic acids is 1. The van der Waals surface area contributed by atoms with Crippen LogP contribution < -0.4 is 0 Å². The molecule has 0 bridgehead atoms. The van der Waals surface area contributed by atoms with Gasteiger partial charge in [0.05, 0.1) is 5.69 Å². The number of carbonyl (C=O) groups excluding carboxylic acids is 1. The van der Waals surface area contributed by atoms with Crippen molar-refractivity contribution in [1.82, 2.24) is 9.88 Å². The van der Waals surface area contributed by atoms with Crippen LogP contribution in [0.1, 0.15) is 89.3 Å². The van der Waals surface area contributed by atoms with E-state index >= 15 is 0 Å². The van der Waals surface area contributed by atoms with E-state index < -0.39 is 12.0 Å². The van der Waals surface area contributed by atoms with Crippen LogP contribution in [0.4, 0.5) is 0 Å². The van der Waals surface area contributed by atoms with Gasteiger partial charge in [0.1, 0.15) is 11.8 Å². The van der Waals surface area contributed by atoms with Gasteiger partial charge in [0, 0.05) is 30.1 Å². The van der Waals surface area contributed by atoms with Gasteiger partial charge in [-0.25, -0.2) is 4.79 Å². The Morgan fingerprint density at radius 3 is 2.38 bits per heavy atom. The van der Waals surface area contributed by atoms with Crippen LogP contribution in [0.3, 0.4) is 0 Å². The molecule has 1 saturated carbocycles. The predicted octanol–water partition coefficient (Wildman–Crippen LogP) is 4.73. The van der Waals surface area contributed by atoms with Crippen LogP contribution in [-0.2, 0) is 11.2 Å². The number of aliphatic carboxylic acids is 1. The van der Waals surface area contributed by atoms with E-state index in [1.54, 1.807) is 6.07 Å². The first-order valence-electron chi connectivity index (χ1n) is 11.7. The number of aromatic hydroxyl groups is 1. The fourth-order valence-electron chi connectivity index (χ4n) is 5.29. The quantitative estimate of drug-likeness (QED) is 0.707. The summed E-state index contributed by atoms with van der Waals surface area (Å²) in [6.07, 6.45) is 7.63. The van der Waals surface area contributed by atoms with E-state index in [9.17, 15) is 19.8 Å². The average Bonchev–Trinajstić information content (AvgIpc) is 3.27. The van der Waals surface area contributed by atoms with E-state index in [2.05, 4.69) is 0 Å². The van der Waals surface area contributed by atoms with E-state index in [1.165, 1.54) is 24.2 Å². The summed E-state index contributed by atoms with van der Waals surface area (Å²) in [4.78, 5) is 30.8. The number of rotatable bonds is 5. The van der Waals surface area contributed by atoms with Crippen molar-refractivity contribution in [2.24, 2.45) is 0 Å². The first kappa shape index (κ1) is 22.3. The maximum atomic E-state index is 13.0. The molecule has 6 heteroatoms. The normalized spacial score (nSPS) is 19.3. The van der Waals surface area contributed by atoms with Crippen molar-refractivity contribution in [2.75, 3.05) is 6.54 Å². The van der Waals surface area contributed by atoms with Crippen LogP contribution in [0.25, 0.3) is 0 Å². The third kappa shape index (κ3) is 4.50. The molecular weight excluding hydrogens is 404 g/mol. The van der Waals surface area contributed by atoms with Crippen LogP contribution in [0.5, 0.6) is 5.75 Å². The molecule has 0 spiro atoms. The Bertz CT molecular complexity index is 1000.